The number of hydrogen-bond acceptors (Lipinski definition) is 3. The molecule has 1 saturated carbocycles. The van der Waals surface area contributed by atoms with Crippen LogP contribution >= 0.6 is 0 Å². The van der Waals surface area contributed by atoms with Crippen LogP contribution in [0.5, 0.6) is 0 Å². The normalized spacial score (nSPS) is 25.1. The molecule has 0 spiro atoms. The number of carbonyl (C=O) groups excluding carboxylic acids is 1. The molecule has 1 N–H and O–H groups in total. The summed E-state index contributed by atoms with van der Waals surface area (Å²) in [6.07, 6.45) is 7.02. The molecule has 26 heavy (non-hydrogen) atoms. The summed E-state index contributed by atoms with van der Waals surface area (Å²) in [5, 5.41) is 11.0. The molecule has 0 bridgehead atoms. The van der Waals surface area contributed by atoms with Gasteiger partial charge < -0.3 is 14.9 Å². The third kappa shape index (κ3) is 4.23. The Morgan fingerprint density at radius 1 is 1.19 bits per heavy atom. The van der Waals surface area contributed by atoms with Crippen molar-refractivity contribution in [1.29, 1.82) is 0 Å². The largest absolute Gasteiger partial charge is 0.379 e. The van der Waals surface area contributed by atoms with Crippen LogP contribution in [-0.4, -0.2) is 52.6 Å². The number of likely N-dealkylation sites (N-methyl/N-ethyl adjacent to an activating group) is 1. The predicted molar refractivity (Wildman–Crippen MR) is 95.5 cm³/mol. The fourth-order valence-electron chi connectivity index (χ4n) is 4.28. The summed E-state index contributed by atoms with van der Waals surface area (Å²) in [6, 6.07) is 4.09. The molecule has 0 unspecified atom stereocenters. The van der Waals surface area contributed by atoms with E-state index in [1.807, 2.05) is 7.05 Å². The van der Waals surface area contributed by atoms with Gasteiger partial charge in [-0.25, -0.2) is 8.78 Å². The second kappa shape index (κ2) is 8.01. The van der Waals surface area contributed by atoms with Gasteiger partial charge in [0.25, 0.3) is 5.91 Å². The topological polar surface area (TPSA) is 43.8 Å². The van der Waals surface area contributed by atoms with E-state index < -0.39 is 17.2 Å². The molecule has 1 heterocycles. The molecule has 0 radical (unpaired) electrons. The second-order valence-corrected chi connectivity index (χ2v) is 7.82. The van der Waals surface area contributed by atoms with Crippen LogP contribution < -0.4 is 0 Å². The SMILES string of the molecule is CN(C[C@@]1(O)CCCN(Cc2ccc(F)c(F)c2)C1=O)C1CCCCC1. The van der Waals surface area contributed by atoms with Crippen LogP contribution in [0.3, 0.4) is 0 Å². The molecule has 1 aliphatic heterocycles. The predicted octanol–water partition coefficient (Wildman–Crippen LogP) is 3.08. The lowest BCUT2D eigenvalue weighted by Crippen LogP contribution is -2.59. The number of amides is 1. The lowest BCUT2D eigenvalue weighted by atomic mass is 9.88. The molecule has 1 atom stereocenters. The molecular formula is C20H28F2N2O2. The molecule has 1 aliphatic carbocycles. The highest BCUT2D eigenvalue weighted by molar-refractivity contribution is 5.86. The van der Waals surface area contributed by atoms with Crippen LogP contribution in [0.4, 0.5) is 8.78 Å². The summed E-state index contributed by atoms with van der Waals surface area (Å²) in [5.41, 5.74) is -0.870. The quantitative estimate of drug-likeness (QED) is 0.871. The zero-order valence-corrected chi connectivity index (χ0v) is 15.4. The van der Waals surface area contributed by atoms with Gasteiger partial charge >= 0.3 is 0 Å². The van der Waals surface area contributed by atoms with Crippen molar-refractivity contribution in [1.82, 2.24) is 9.80 Å². The summed E-state index contributed by atoms with van der Waals surface area (Å²) < 4.78 is 26.5. The summed E-state index contributed by atoms with van der Waals surface area (Å²) in [4.78, 5) is 16.6. The Hall–Kier alpha value is -1.53. The molecule has 2 aliphatic rings. The Morgan fingerprint density at radius 3 is 2.62 bits per heavy atom. The van der Waals surface area contributed by atoms with E-state index in [4.69, 9.17) is 0 Å². The smallest absolute Gasteiger partial charge is 0.256 e. The number of carbonyl (C=O) groups is 1. The zero-order valence-electron chi connectivity index (χ0n) is 15.4. The van der Waals surface area contributed by atoms with E-state index in [9.17, 15) is 18.7 Å². The first-order chi connectivity index (χ1) is 12.4. The van der Waals surface area contributed by atoms with Gasteiger partial charge in [0, 0.05) is 25.7 Å². The van der Waals surface area contributed by atoms with E-state index in [1.165, 1.54) is 25.3 Å². The van der Waals surface area contributed by atoms with E-state index in [0.29, 0.717) is 37.5 Å². The maximum atomic E-state index is 13.4. The molecule has 1 amide bonds. The number of nitrogens with zero attached hydrogens (tertiary/aromatic N) is 2. The highest BCUT2D eigenvalue weighted by atomic mass is 19.2. The maximum Gasteiger partial charge on any atom is 0.256 e. The van der Waals surface area contributed by atoms with Crippen molar-refractivity contribution >= 4 is 5.91 Å². The van der Waals surface area contributed by atoms with Gasteiger partial charge in [0.15, 0.2) is 17.2 Å². The van der Waals surface area contributed by atoms with E-state index >= 15 is 0 Å². The van der Waals surface area contributed by atoms with Gasteiger partial charge in [0.05, 0.1) is 0 Å². The fourth-order valence-corrected chi connectivity index (χ4v) is 4.28. The maximum absolute atomic E-state index is 13.4. The minimum absolute atomic E-state index is 0.186. The number of piperidine rings is 1. The summed E-state index contributed by atoms with van der Waals surface area (Å²) >= 11 is 0. The van der Waals surface area contributed by atoms with Crippen molar-refractivity contribution < 1.29 is 18.7 Å². The number of rotatable bonds is 5. The van der Waals surface area contributed by atoms with Gasteiger partial charge in [-0.2, -0.15) is 0 Å². The Balaban J connectivity index is 1.66. The Kier molecular flexibility index (Phi) is 5.92. The molecular weight excluding hydrogens is 338 g/mol. The number of hydrogen-bond donors (Lipinski definition) is 1. The molecule has 4 nitrogen and oxygen atoms in total. The van der Waals surface area contributed by atoms with Crippen LogP contribution in [0.1, 0.15) is 50.5 Å². The average Bonchev–Trinajstić information content (AvgIpc) is 2.63. The minimum Gasteiger partial charge on any atom is -0.379 e. The van der Waals surface area contributed by atoms with Crippen molar-refractivity contribution in [2.75, 3.05) is 20.1 Å². The average molecular weight is 366 g/mol. The van der Waals surface area contributed by atoms with Crippen LogP contribution in [-0.2, 0) is 11.3 Å². The molecule has 0 aromatic heterocycles. The third-order valence-electron chi connectivity index (χ3n) is 5.77. The minimum atomic E-state index is -1.40. The van der Waals surface area contributed by atoms with Gasteiger partial charge in [0.1, 0.15) is 0 Å². The van der Waals surface area contributed by atoms with Crippen LogP contribution in [0.2, 0.25) is 0 Å². The van der Waals surface area contributed by atoms with Gasteiger partial charge in [0.2, 0.25) is 0 Å². The first-order valence-corrected chi connectivity index (χ1v) is 9.55. The number of halogens is 2. The molecule has 3 rings (SSSR count). The van der Waals surface area contributed by atoms with E-state index in [2.05, 4.69) is 4.90 Å². The lowest BCUT2D eigenvalue weighted by Gasteiger charge is -2.42. The van der Waals surface area contributed by atoms with Crippen molar-refractivity contribution in [3.05, 3.63) is 35.4 Å². The van der Waals surface area contributed by atoms with Crippen molar-refractivity contribution in [2.24, 2.45) is 0 Å². The lowest BCUT2D eigenvalue weighted by molar-refractivity contribution is -0.160. The number of benzene rings is 1. The first kappa shape index (κ1) is 19.2. The van der Waals surface area contributed by atoms with Gasteiger partial charge in [-0.05, 0) is 50.4 Å². The molecule has 2 fully saturated rings. The third-order valence-corrected chi connectivity index (χ3v) is 5.77. The van der Waals surface area contributed by atoms with Crippen LogP contribution in [0.15, 0.2) is 18.2 Å². The van der Waals surface area contributed by atoms with Crippen molar-refractivity contribution in [3.63, 3.8) is 0 Å². The number of aliphatic hydroxyl groups is 1. The highest BCUT2D eigenvalue weighted by Crippen LogP contribution is 2.28. The van der Waals surface area contributed by atoms with Crippen molar-refractivity contribution in [2.45, 2.75) is 63.1 Å². The molecule has 1 aromatic rings. The Morgan fingerprint density at radius 2 is 1.92 bits per heavy atom. The highest BCUT2D eigenvalue weighted by Gasteiger charge is 2.43. The van der Waals surface area contributed by atoms with E-state index in [1.54, 1.807) is 4.90 Å². The molecule has 144 valence electrons. The summed E-state index contributed by atoms with van der Waals surface area (Å²) in [5.74, 6) is -2.13. The molecule has 1 saturated heterocycles. The van der Waals surface area contributed by atoms with Gasteiger partial charge in [-0.3, -0.25) is 4.79 Å². The van der Waals surface area contributed by atoms with E-state index in [-0.39, 0.29) is 12.5 Å². The molecule has 6 heteroatoms. The van der Waals surface area contributed by atoms with Crippen molar-refractivity contribution in [3.8, 4) is 0 Å². The summed E-state index contributed by atoms with van der Waals surface area (Å²) in [7, 11) is 1.98. The monoisotopic (exact) mass is 366 g/mol. The van der Waals surface area contributed by atoms with Gasteiger partial charge in [-0.1, -0.05) is 25.3 Å². The Bertz CT molecular complexity index is 649. The number of likely N-dealkylation sites (tertiary alicyclic amines) is 1. The zero-order chi connectivity index (χ0) is 18.7. The Labute approximate surface area is 153 Å². The van der Waals surface area contributed by atoms with Gasteiger partial charge in [-0.15, -0.1) is 0 Å². The van der Waals surface area contributed by atoms with Crippen LogP contribution in [0.25, 0.3) is 0 Å². The molecule has 1 aromatic carbocycles. The van der Waals surface area contributed by atoms with E-state index in [0.717, 1.165) is 25.0 Å². The summed E-state index contributed by atoms with van der Waals surface area (Å²) in [6.45, 7) is 1.03. The first-order valence-electron chi connectivity index (χ1n) is 9.55. The fraction of sp³-hybridized carbons (Fsp3) is 0.650. The van der Waals surface area contributed by atoms with Crippen LogP contribution in [0, 0.1) is 11.6 Å². The standard InChI is InChI=1S/C20H28F2N2O2/c1-23(16-6-3-2-4-7-16)14-20(26)10-5-11-24(19(20)25)13-15-8-9-17(21)18(22)12-15/h8-9,12,16,26H,2-7,10-11,13-14H2,1H3/t20-/m0/s1. The second-order valence-electron chi connectivity index (χ2n) is 7.82.